The van der Waals surface area contributed by atoms with E-state index in [1.165, 1.54) is 12.1 Å². The first-order valence-corrected chi connectivity index (χ1v) is 8.92. The Morgan fingerprint density at radius 3 is 2.39 bits per heavy atom. The van der Waals surface area contributed by atoms with Gasteiger partial charge in [0.2, 0.25) is 0 Å². The summed E-state index contributed by atoms with van der Waals surface area (Å²) in [6, 6.07) is 2.70. The van der Waals surface area contributed by atoms with Gasteiger partial charge < -0.3 is 9.80 Å². The number of halogens is 4. The number of alkyl halides is 3. The maximum absolute atomic E-state index is 12.5. The average molecular weight is 372 g/mol. The minimum atomic E-state index is -4.89. The van der Waals surface area contributed by atoms with Crippen molar-refractivity contribution in [2.24, 2.45) is 0 Å². The van der Waals surface area contributed by atoms with E-state index in [9.17, 15) is 26.4 Å². The molecule has 1 aliphatic rings. The van der Waals surface area contributed by atoms with Crippen LogP contribution in [0.3, 0.4) is 0 Å². The highest BCUT2D eigenvalue weighted by molar-refractivity contribution is 8.13. The molecule has 1 aliphatic heterocycles. The lowest BCUT2D eigenvalue weighted by atomic mass is 10.3. The van der Waals surface area contributed by atoms with E-state index in [0.717, 1.165) is 11.1 Å². The van der Waals surface area contributed by atoms with Crippen LogP contribution < -0.4 is 4.90 Å². The van der Waals surface area contributed by atoms with Crippen LogP contribution in [0.5, 0.6) is 0 Å². The van der Waals surface area contributed by atoms with Gasteiger partial charge >= 0.3 is 12.1 Å². The van der Waals surface area contributed by atoms with E-state index in [0.29, 0.717) is 18.8 Å². The van der Waals surface area contributed by atoms with Crippen LogP contribution in [0.25, 0.3) is 0 Å². The molecule has 6 nitrogen and oxygen atoms in total. The van der Waals surface area contributed by atoms with Crippen molar-refractivity contribution < 1.29 is 26.4 Å². The Bertz CT molecular complexity index is 679. The Morgan fingerprint density at radius 1 is 1.17 bits per heavy atom. The molecule has 0 atom stereocenters. The summed E-state index contributed by atoms with van der Waals surface area (Å²) in [6.45, 7) is 0.488. The van der Waals surface area contributed by atoms with Gasteiger partial charge in [0.15, 0.2) is 0 Å². The highest BCUT2D eigenvalue weighted by atomic mass is 35.7. The van der Waals surface area contributed by atoms with Gasteiger partial charge in [-0.1, -0.05) is 0 Å². The summed E-state index contributed by atoms with van der Waals surface area (Å²) in [7, 11) is 1.31. The summed E-state index contributed by atoms with van der Waals surface area (Å²) in [4.78, 5) is 17.5. The summed E-state index contributed by atoms with van der Waals surface area (Å²) in [5.41, 5.74) is 0. The third kappa shape index (κ3) is 4.47. The number of nitrogens with zero attached hydrogens (tertiary/aromatic N) is 3. The molecular weight excluding hydrogens is 359 g/mol. The van der Waals surface area contributed by atoms with Gasteiger partial charge in [-0.05, 0) is 18.6 Å². The van der Waals surface area contributed by atoms with Crippen molar-refractivity contribution in [2.45, 2.75) is 17.5 Å². The fraction of sp³-hybridized carbons (Fsp3) is 0.500. The van der Waals surface area contributed by atoms with Crippen molar-refractivity contribution in [1.29, 1.82) is 0 Å². The van der Waals surface area contributed by atoms with Gasteiger partial charge in [-0.3, -0.25) is 4.79 Å². The maximum atomic E-state index is 12.5. The topological polar surface area (TPSA) is 70.6 Å². The fourth-order valence-electron chi connectivity index (χ4n) is 2.23. The molecule has 0 bridgehead atoms. The molecule has 0 N–H and O–H groups in total. The first-order valence-electron chi connectivity index (χ1n) is 6.61. The van der Waals surface area contributed by atoms with E-state index >= 15 is 0 Å². The average Bonchev–Trinajstić information content (AvgIpc) is 2.70. The second-order valence-corrected chi connectivity index (χ2v) is 7.49. The molecule has 1 amide bonds. The smallest absolute Gasteiger partial charge is 0.355 e. The van der Waals surface area contributed by atoms with Gasteiger partial charge in [0, 0.05) is 43.1 Å². The second kappa shape index (κ2) is 6.52. The fourth-order valence-corrected chi connectivity index (χ4v) is 2.92. The van der Waals surface area contributed by atoms with E-state index in [-0.39, 0.29) is 24.5 Å². The van der Waals surface area contributed by atoms with Crippen LogP contribution in [0.2, 0.25) is 0 Å². The zero-order valence-corrected chi connectivity index (χ0v) is 13.3. The lowest BCUT2D eigenvalue weighted by Gasteiger charge is -2.23. The molecule has 0 radical (unpaired) electrons. The summed E-state index contributed by atoms with van der Waals surface area (Å²) >= 11 is 0. The van der Waals surface area contributed by atoms with Gasteiger partial charge in [0.05, 0.1) is 0 Å². The molecule has 0 aliphatic carbocycles. The monoisotopic (exact) mass is 371 g/mol. The van der Waals surface area contributed by atoms with Crippen molar-refractivity contribution in [2.75, 3.05) is 31.1 Å². The predicted molar refractivity (Wildman–Crippen MR) is 76.7 cm³/mol. The third-order valence-electron chi connectivity index (χ3n) is 3.35. The molecule has 2 rings (SSSR count). The normalized spacial score (nSPS) is 17.0. The van der Waals surface area contributed by atoms with Gasteiger partial charge in [0.1, 0.15) is 10.7 Å². The van der Waals surface area contributed by atoms with Crippen LogP contribution in [0.1, 0.15) is 6.42 Å². The molecule has 128 valence electrons. The number of carbonyl (C=O) groups excluding carboxylic acids is 1. The highest BCUT2D eigenvalue weighted by Gasteiger charge is 2.42. The summed E-state index contributed by atoms with van der Waals surface area (Å²) < 4.78 is 59.7. The Morgan fingerprint density at radius 2 is 1.87 bits per heavy atom. The van der Waals surface area contributed by atoms with Gasteiger partial charge in [0.25, 0.3) is 9.05 Å². The number of carbonyl (C=O) groups is 1. The molecule has 23 heavy (non-hydrogen) atoms. The van der Waals surface area contributed by atoms with Gasteiger partial charge in [-0.15, -0.1) is 0 Å². The van der Waals surface area contributed by atoms with E-state index in [1.807, 2.05) is 0 Å². The van der Waals surface area contributed by atoms with Crippen LogP contribution >= 0.6 is 10.7 Å². The zero-order chi connectivity index (χ0) is 17.3. The first kappa shape index (κ1) is 17.8. The third-order valence-corrected chi connectivity index (χ3v) is 4.69. The van der Waals surface area contributed by atoms with Gasteiger partial charge in [-0.25, -0.2) is 13.4 Å². The Kier molecular flexibility index (Phi) is 5.04. The standard InChI is InChI=1S/C12H13ClF3N3O3S/c13-23(21,22)9-2-3-10(17-8-9)18-4-1-5-19(7-6-18)11(20)12(14,15)16/h2-3,8H,1,4-7H2. The minimum absolute atomic E-state index is 0.00296. The maximum Gasteiger partial charge on any atom is 0.471 e. The lowest BCUT2D eigenvalue weighted by molar-refractivity contribution is -0.185. The van der Waals surface area contributed by atoms with Crippen molar-refractivity contribution in [3.63, 3.8) is 0 Å². The van der Waals surface area contributed by atoms with Crippen molar-refractivity contribution in [1.82, 2.24) is 9.88 Å². The molecule has 1 aromatic rings. The number of hydrogen-bond donors (Lipinski definition) is 0. The van der Waals surface area contributed by atoms with E-state index in [1.54, 1.807) is 4.90 Å². The van der Waals surface area contributed by atoms with Crippen LogP contribution in [-0.2, 0) is 13.8 Å². The Labute approximate surface area is 135 Å². The van der Waals surface area contributed by atoms with E-state index in [2.05, 4.69) is 4.98 Å². The number of amides is 1. The molecule has 0 saturated carbocycles. The quantitative estimate of drug-likeness (QED) is 0.739. The lowest BCUT2D eigenvalue weighted by Crippen LogP contribution is -2.43. The summed E-state index contributed by atoms with van der Waals surface area (Å²) in [5.74, 6) is -1.44. The molecule has 1 saturated heterocycles. The minimum Gasteiger partial charge on any atom is -0.355 e. The van der Waals surface area contributed by atoms with Crippen molar-refractivity contribution >= 4 is 31.5 Å². The molecule has 0 unspecified atom stereocenters. The molecule has 1 fully saturated rings. The molecule has 2 heterocycles. The Hall–Kier alpha value is -1.55. The van der Waals surface area contributed by atoms with Gasteiger partial charge in [-0.2, -0.15) is 13.2 Å². The number of anilines is 1. The molecule has 11 heteroatoms. The number of aromatic nitrogens is 1. The SMILES string of the molecule is O=C(N1CCCN(c2ccc(S(=O)(=O)Cl)cn2)CC1)C(F)(F)F. The second-order valence-electron chi connectivity index (χ2n) is 4.92. The van der Waals surface area contributed by atoms with Crippen LogP contribution in [0.15, 0.2) is 23.2 Å². The Balaban J connectivity index is 2.07. The number of rotatable bonds is 2. The largest absolute Gasteiger partial charge is 0.471 e. The van der Waals surface area contributed by atoms with E-state index in [4.69, 9.17) is 10.7 Å². The van der Waals surface area contributed by atoms with Crippen LogP contribution in [-0.4, -0.2) is 56.6 Å². The number of pyridine rings is 1. The van der Waals surface area contributed by atoms with Crippen LogP contribution in [0, 0.1) is 0 Å². The van der Waals surface area contributed by atoms with Crippen molar-refractivity contribution in [3.05, 3.63) is 18.3 Å². The molecule has 0 spiro atoms. The highest BCUT2D eigenvalue weighted by Crippen LogP contribution is 2.22. The summed E-state index contributed by atoms with van der Waals surface area (Å²) in [5, 5.41) is 0. The molecule has 0 aromatic carbocycles. The zero-order valence-electron chi connectivity index (χ0n) is 11.8. The van der Waals surface area contributed by atoms with Crippen LogP contribution in [0.4, 0.5) is 19.0 Å². The molecule has 1 aromatic heterocycles. The van der Waals surface area contributed by atoms with Crippen molar-refractivity contribution in [3.8, 4) is 0 Å². The summed E-state index contributed by atoms with van der Waals surface area (Å²) in [6.07, 6.45) is -3.45. The number of hydrogen-bond acceptors (Lipinski definition) is 5. The first-order chi connectivity index (χ1) is 10.6. The predicted octanol–water partition coefficient (Wildman–Crippen LogP) is 1.61. The molecular formula is C12H13ClF3N3O3S. The van der Waals surface area contributed by atoms with E-state index < -0.39 is 21.1 Å².